The van der Waals surface area contributed by atoms with Crippen molar-refractivity contribution in [3.8, 4) is 0 Å². The highest BCUT2D eigenvalue weighted by Crippen LogP contribution is 2.10. The number of nitrogens with one attached hydrogen (secondary N) is 3. The molecule has 0 radical (unpaired) electrons. The summed E-state index contributed by atoms with van der Waals surface area (Å²) in [6.45, 7) is 5.48. The molecule has 1 aromatic heterocycles. The molecule has 3 N–H and O–H groups in total. The molecule has 2 aromatic rings. The number of aryl methyl sites for hydroxylation is 1. The van der Waals surface area contributed by atoms with E-state index in [2.05, 4.69) is 10.6 Å². The van der Waals surface area contributed by atoms with Crippen LogP contribution in [0, 0.1) is 12.8 Å². The average Bonchev–Trinajstić information content (AvgIpc) is 3.11. The number of hydrogen-bond donors (Lipinski definition) is 3. The van der Waals surface area contributed by atoms with Crippen molar-refractivity contribution in [3.05, 3.63) is 54.0 Å². The largest absolute Gasteiger partial charge is 0.467 e. The van der Waals surface area contributed by atoms with Crippen LogP contribution in [-0.4, -0.2) is 26.4 Å². The molecule has 9 heteroatoms. The van der Waals surface area contributed by atoms with Crippen molar-refractivity contribution in [2.75, 3.05) is 0 Å². The second-order valence-electron chi connectivity index (χ2n) is 6.41. The summed E-state index contributed by atoms with van der Waals surface area (Å²) in [5.41, 5.74) is 0.895. The van der Waals surface area contributed by atoms with Gasteiger partial charge in [-0.2, -0.15) is 0 Å². The van der Waals surface area contributed by atoms with Gasteiger partial charge in [-0.1, -0.05) is 31.5 Å². The van der Waals surface area contributed by atoms with Gasteiger partial charge in [-0.3, -0.25) is 4.79 Å². The molecule has 146 valence electrons. The first-order valence-electron chi connectivity index (χ1n) is 8.39. The fourth-order valence-electron chi connectivity index (χ4n) is 2.30. The fraction of sp³-hybridized carbons (Fsp3) is 0.333. The highest BCUT2D eigenvalue weighted by molar-refractivity contribution is 7.90. The van der Waals surface area contributed by atoms with Crippen LogP contribution in [0.5, 0.6) is 0 Å². The van der Waals surface area contributed by atoms with Crippen molar-refractivity contribution < 1.29 is 22.4 Å². The number of carbonyl (C=O) groups excluding carboxylic acids is 2. The lowest BCUT2D eigenvalue weighted by atomic mass is 10.0. The molecular weight excluding hydrogens is 370 g/mol. The van der Waals surface area contributed by atoms with E-state index in [9.17, 15) is 18.0 Å². The number of rotatable bonds is 7. The lowest BCUT2D eigenvalue weighted by Gasteiger charge is -2.21. The first kappa shape index (κ1) is 20.5. The third-order valence-electron chi connectivity index (χ3n) is 3.81. The lowest BCUT2D eigenvalue weighted by Crippen LogP contribution is -2.53. The molecule has 2 rings (SSSR count). The van der Waals surface area contributed by atoms with Gasteiger partial charge in [-0.15, -0.1) is 0 Å². The topological polar surface area (TPSA) is 118 Å². The molecule has 0 unspecified atom stereocenters. The first-order valence-corrected chi connectivity index (χ1v) is 9.87. The summed E-state index contributed by atoms with van der Waals surface area (Å²) in [7, 11) is -4.03. The minimum absolute atomic E-state index is 0.0355. The molecule has 0 fully saturated rings. The van der Waals surface area contributed by atoms with Crippen molar-refractivity contribution in [3.63, 3.8) is 0 Å². The summed E-state index contributed by atoms with van der Waals surface area (Å²) in [6.07, 6.45) is 1.49. The van der Waals surface area contributed by atoms with Crippen molar-refractivity contribution >= 4 is 22.0 Å². The monoisotopic (exact) mass is 393 g/mol. The third-order valence-corrected chi connectivity index (χ3v) is 5.16. The Morgan fingerprint density at radius 3 is 2.33 bits per heavy atom. The zero-order valence-corrected chi connectivity index (χ0v) is 16.2. The van der Waals surface area contributed by atoms with Crippen LogP contribution < -0.4 is 15.4 Å². The summed E-state index contributed by atoms with van der Waals surface area (Å²) < 4.78 is 31.6. The Morgan fingerprint density at radius 2 is 1.78 bits per heavy atom. The number of sulfonamides is 1. The number of urea groups is 1. The van der Waals surface area contributed by atoms with Crippen molar-refractivity contribution in [2.45, 2.75) is 38.3 Å². The molecule has 0 aliphatic carbocycles. The van der Waals surface area contributed by atoms with Gasteiger partial charge in [-0.05, 0) is 37.1 Å². The molecule has 0 aliphatic rings. The average molecular weight is 393 g/mol. The second kappa shape index (κ2) is 8.72. The molecular formula is C18H23N3O5S. The summed E-state index contributed by atoms with van der Waals surface area (Å²) in [5.74, 6) is -0.129. The molecule has 0 bridgehead atoms. The Labute approximate surface area is 158 Å². The third kappa shape index (κ3) is 5.85. The smallest absolute Gasteiger partial charge is 0.329 e. The minimum atomic E-state index is -4.03. The molecule has 1 aromatic carbocycles. The number of amides is 3. The Morgan fingerprint density at radius 1 is 1.11 bits per heavy atom. The maximum atomic E-state index is 12.3. The van der Waals surface area contributed by atoms with Gasteiger partial charge < -0.3 is 15.1 Å². The van der Waals surface area contributed by atoms with E-state index in [1.165, 1.54) is 18.4 Å². The van der Waals surface area contributed by atoms with E-state index in [-0.39, 0.29) is 17.4 Å². The van der Waals surface area contributed by atoms with Crippen LogP contribution in [0.25, 0.3) is 0 Å². The molecule has 27 heavy (non-hydrogen) atoms. The predicted octanol–water partition coefficient (Wildman–Crippen LogP) is 1.92. The van der Waals surface area contributed by atoms with Crippen LogP contribution in [0.4, 0.5) is 4.79 Å². The highest BCUT2D eigenvalue weighted by Gasteiger charge is 2.26. The SMILES string of the molecule is Cc1ccc(S(=O)(=O)NC(=O)N[C@H](C(=O)NCc2ccco2)C(C)C)cc1. The van der Waals surface area contributed by atoms with Gasteiger partial charge in [0, 0.05) is 0 Å². The Balaban J connectivity index is 1.99. The van der Waals surface area contributed by atoms with Gasteiger partial charge in [-0.25, -0.2) is 17.9 Å². The van der Waals surface area contributed by atoms with Crippen LogP contribution in [0.15, 0.2) is 52.0 Å². The number of carbonyl (C=O) groups is 2. The Kier molecular flexibility index (Phi) is 6.62. The number of furan rings is 1. The molecule has 1 heterocycles. The molecule has 8 nitrogen and oxygen atoms in total. The Bertz CT molecular complexity index is 874. The van der Waals surface area contributed by atoms with Crippen molar-refractivity contribution in [1.29, 1.82) is 0 Å². The molecule has 0 saturated heterocycles. The standard InChI is InChI=1S/C18H23N3O5S/c1-12(2)16(17(22)19-11-14-5-4-10-26-14)20-18(23)21-27(24,25)15-8-6-13(3)7-9-15/h4-10,12,16H,11H2,1-3H3,(H,19,22)(H2,20,21,23)/t16-/m0/s1. The molecule has 3 amide bonds. The molecule has 0 aliphatic heterocycles. The van der Waals surface area contributed by atoms with E-state index in [0.717, 1.165) is 5.56 Å². The van der Waals surface area contributed by atoms with E-state index in [0.29, 0.717) is 5.76 Å². The van der Waals surface area contributed by atoms with Crippen LogP contribution in [-0.2, 0) is 21.4 Å². The van der Waals surface area contributed by atoms with Gasteiger partial charge in [0.2, 0.25) is 5.91 Å². The van der Waals surface area contributed by atoms with Crippen LogP contribution in [0.2, 0.25) is 0 Å². The summed E-state index contributed by atoms with van der Waals surface area (Å²) >= 11 is 0. The highest BCUT2D eigenvalue weighted by atomic mass is 32.2. The quantitative estimate of drug-likeness (QED) is 0.664. The number of hydrogen-bond acceptors (Lipinski definition) is 5. The van der Waals surface area contributed by atoms with Gasteiger partial charge in [0.05, 0.1) is 17.7 Å². The summed E-state index contributed by atoms with van der Waals surface area (Å²) in [6, 6.07) is 7.59. The fourth-order valence-corrected chi connectivity index (χ4v) is 3.22. The zero-order chi connectivity index (χ0) is 20.0. The van der Waals surface area contributed by atoms with E-state index in [1.54, 1.807) is 38.1 Å². The molecule has 0 spiro atoms. The normalized spacial score (nSPS) is 12.4. The molecule has 0 saturated carbocycles. The van der Waals surface area contributed by atoms with Gasteiger partial charge in [0.15, 0.2) is 0 Å². The lowest BCUT2D eigenvalue weighted by molar-refractivity contribution is -0.124. The minimum Gasteiger partial charge on any atom is -0.467 e. The zero-order valence-electron chi connectivity index (χ0n) is 15.4. The van der Waals surface area contributed by atoms with Crippen molar-refractivity contribution in [1.82, 2.24) is 15.4 Å². The summed E-state index contributed by atoms with van der Waals surface area (Å²) in [5, 5.41) is 5.06. The maximum absolute atomic E-state index is 12.3. The van der Waals surface area contributed by atoms with Gasteiger partial charge in [0.1, 0.15) is 11.8 Å². The van der Waals surface area contributed by atoms with Crippen LogP contribution >= 0.6 is 0 Å². The van der Waals surface area contributed by atoms with Crippen LogP contribution in [0.1, 0.15) is 25.2 Å². The van der Waals surface area contributed by atoms with E-state index in [1.807, 2.05) is 11.6 Å². The van der Waals surface area contributed by atoms with Gasteiger partial charge >= 0.3 is 6.03 Å². The van der Waals surface area contributed by atoms with E-state index in [4.69, 9.17) is 4.42 Å². The van der Waals surface area contributed by atoms with Gasteiger partial charge in [0.25, 0.3) is 10.0 Å². The van der Waals surface area contributed by atoms with Crippen molar-refractivity contribution in [2.24, 2.45) is 5.92 Å². The van der Waals surface area contributed by atoms with E-state index >= 15 is 0 Å². The van der Waals surface area contributed by atoms with E-state index < -0.39 is 28.0 Å². The first-order chi connectivity index (χ1) is 12.7. The second-order valence-corrected chi connectivity index (χ2v) is 8.09. The van der Waals surface area contributed by atoms with Crippen LogP contribution in [0.3, 0.4) is 0 Å². The molecule has 1 atom stereocenters. The predicted molar refractivity (Wildman–Crippen MR) is 99.2 cm³/mol. The Hall–Kier alpha value is -2.81. The number of benzene rings is 1. The maximum Gasteiger partial charge on any atom is 0.329 e. The summed E-state index contributed by atoms with van der Waals surface area (Å²) in [4.78, 5) is 24.5.